The van der Waals surface area contributed by atoms with Gasteiger partial charge >= 0.3 is 0 Å². The summed E-state index contributed by atoms with van der Waals surface area (Å²) in [6.07, 6.45) is 6.07. The van der Waals surface area contributed by atoms with Gasteiger partial charge in [0.05, 0.1) is 10.7 Å². The summed E-state index contributed by atoms with van der Waals surface area (Å²) in [5.41, 5.74) is 0.886. The van der Waals surface area contributed by atoms with Crippen LogP contribution < -0.4 is 5.32 Å². The molecule has 3 nitrogen and oxygen atoms in total. The highest BCUT2D eigenvalue weighted by Gasteiger charge is 2.23. The van der Waals surface area contributed by atoms with Crippen LogP contribution in [-0.2, 0) is 0 Å². The fraction of sp³-hybridized carbons (Fsp3) is 0.250. The van der Waals surface area contributed by atoms with E-state index in [1.807, 2.05) is 22.9 Å². The lowest BCUT2D eigenvalue weighted by Crippen LogP contribution is -2.07. The summed E-state index contributed by atoms with van der Waals surface area (Å²) >= 11 is 12.1. The second-order valence-electron chi connectivity index (χ2n) is 4.14. The second-order valence-corrected chi connectivity index (χ2v) is 4.98. The number of hydrogen-bond acceptors (Lipinski definition) is 2. The van der Waals surface area contributed by atoms with Gasteiger partial charge in [0.1, 0.15) is 0 Å². The Kier molecular flexibility index (Phi) is 2.73. The summed E-state index contributed by atoms with van der Waals surface area (Å²) < 4.78 is 1.94. The molecule has 1 fully saturated rings. The molecule has 0 aliphatic heterocycles. The van der Waals surface area contributed by atoms with Gasteiger partial charge in [0.15, 0.2) is 0 Å². The average Bonchev–Trinajstić information content (AvgIpc) is 2.97. The molecule has 0 atom stereocenters. The molecule has 0 bridgehead atoms. The van der Waals surface area contributed by atoms with Crippen LogP contribution in [-0.4, -0.2) is 15.6 Å². The van der Waals surface area contributed by atoms with E-state index in [0.717, 1.165) is 11.6 Å². The van der Waals surface area contributed by atoms with E-state index < -0.39 is 0 Å². The lowest BCUT2D eigenvalue weighted by atomic mass is 10.3. The number of nitrogens with zero attached hydrogens (tertiary/aromatic N) is 2. The van der Waals surface area contributed by atoms with E-state index in [-0.39, 0.29) is 0 Å². The van der Waals surface area contributed by atoms with Crippen molar-refractivity contribution in [3.8, 4) is 5.69 Å². The Bertz CT molecular complexity index is 546. The van der Waals surface area contributed by atoms with Crippen molar-refractivity contribution < 1.29 is 0 Å². The van der Waals surface area contributed by atoms with Gasteiger partial charge in [-0.05, 0) is 31.0 Å². The van der Waals surface area contributed by atoms with Crippen LogP contribution in [0.2, 0.25) is 10.0 Å². The maximum atomic E-state index is 6.18. The SMILES string of the molecule is Clc1ccc(-n2ccnc2NC2CC2)c(Cl)c1. The highest BCUT2D eigenvalue weighted by Crippen LogP contribution is 2.29. The summed E-state index contributed by atoms with van der Waals surface area (Å²) in [5.74, 6) is 0.830. The van der Waals surface area contributed by atoms with Crippen molar-refractivity contribution in [1.29, 1.82) is 0 Å². The molecule has 1 heterocycles. The van der Waals surface area contributed by atoms with E-state index >= 15 is 0 Å². The number of aromatic nitrogens is 2. The maximum Gasteiger partial charge on any atom is 0.207 e. The summed E-state index contributed by atoms with van der Waals surface area (Å²) in [6.45, 7) is 0. The predicted molar refractivity (Wildman–Crippen MR) is 70.2 cm³/mol. The van der Waals surface area contributed by atoms with E-state index in [0.29, 0.717) is 16.1 Å². The predicted octanol–water partition coefficient (Wildman–Crippen LogP) is 3.75. The van der Waals surface area contributed by atoms with Crippen LogP contribution in [0.5, 0.6) is 0 Å². The Morgan fingerprint density at radius 1 is 1.29 bits per heavy atom. The first-order chi connectivity index (χ1) is 8.24. The number of rotatable bonds is 3. The molecular weight excluding hydrogens is 257 g/mol. The van der Waals surface area contributed by atoms with Gasteiger partial charge < -0.3 is 5.32 Å². The number of nitrogens with one attached hydrogen (secondary N) is 1. The molecule has 88 valence electrons. The summed E-state index contributed by atoms with van der Waals surface area (Å²) in [6, 6.07) is 6.01. The Morgan fingerprint density at radius 2 is 2.12 bits per heavy atom. The number of benzene rings is 1. The minimum absolute atomic E-state index is 0.558. The Balaban J connectivity index is 1.99. The molecule has 0 saturated heterocycles. The zero-order valence-corrected chi connectivity index (χ0v) is 10.5. The van der Waals surface area contributed by atoms with Gasteiger partial charge in [-0.2, -0.15) is 0 Å². The van der Waals surface area contributed by atoms with E-state index in [9.17, 15) is 0 Å². The van der Waals surface area contributed by atoms with E-state index in [1.54, 1.807) is 12.3 Å². The standard InChI is InChI=1S/C12H11Cl2N3/c13-8-1-4-11(10(14)7-8)17-6-5-15-12(17)16-9-2-3-9/h1,4-7,9H,2-3H2,(H,15,16). The van der Waals surface area contributed by atoms with Crippen molar-refractivity contribution in [1.82, 2.24) is 9.55 Å². The molecule has 0 unspecified atom stereocenters. The molecule has 0 amide bonds. The third-order valence-corrected chi connectivity index (χ3v) is 3.26. The number of imidazole rings is 1. The van der Waals surface area contributed by atoms with E-state index in [1.165, 1.54) is 12.8 Å². The summed E-state index contributed by atoms with van der Waals surface area (Å²) in [7, 11) is 0. The Labute approximate surface area is 109 Å². The summed E-state index contributed by atoms with van der Waals surface area (Å²) in [5, 5.41) is 4.62. The van der Waals surface area contributed by atoms with Crippen LogP contribution in [0, 0.1) is 0 Å². The Morgan fingerprint density at radius 3 is 2.82 bits per heavy atom. The minimum atomic E-state index is 0.558. The first-order valence-corrected chi connectivity index (χ1v) is 6.25. The number of hydrogen-bond donors (Lipinski definition) is 1. The fourth-order valence-electron chi connectivity index (χ4n) is 1.69. The minimum Gasteiger partial charge on any atom is -0.353 e. The molecule has 3 rings (SSSR count). The number of halogens is 2. The molecule has 1 aliphatic rings. The molecule has 1 N–H and O–H groups in total. The maximum absolute atomic E-state index is 6.18. The smallest absolute Gasteiger partial charge is 0.207 e. The average molecular weight is 268 g/mol. The van der Waals surface area contributed by atoms with Crippen molar-refractivity contribution in [3.05, 3.63) is 40.6 Å². The molecule has 1 aromatic carbocycles. The van der Waals surface area contributed by atoms with Gasteiger partial charge in [0.2, 0.25) is 5.95 Å². The van der Waals surface area contributed by atoms with Gasteiger partial charge in [-0.1, -0.05) is 23.2 Å². The van der Waals surface area contributed by atoms with Crippen molar-refractivity contribution in [2.45, 2.75) is 18.9 Å². The van der Waals surface area contributed by atoms with Gasteiger partial charge in [0, 0.05) is 23.5 Å². The molecule has 2 aromatic rings. The first kappa shape index (κ1) is 10.9. The van der Waals surface area contributed by atoms with Crippen molar-refractivity contribution >= 4 is 29.2 Å². The lowest BCUT2D eigenvalue weighted by molar-refractivity contribution is 1.00. The highest BCUT2D eigenvalue weighted by atomic mass is 35.5. The third kappa shape index (κ3) is 2.26. The van der Waals surface area contributed by atoms with Gasteiger partial charge in [-0.15, -0.1) is 0 Å². The first-order valence-electron chi connectivity index (χ1n) is 5.49. The van der Waals surface area contributed by atoms with Gasteiger partial charge in [-0.3, -0.25) is 4.57 Å². The fourth-order valence-corrected chi connectivity index (χ4v) is 2.19. The van der Waals surface area contributed by atoms with Crippen LogP contribution in [0.1, 0.15) is 12.8 Å². The Hall–Kier alpha value is -1.19. The van der Waals surface area contributed by atoms with Crippen LogP contribution in [0.3, 0.4) is 0 Å². The normalized spacial score (nSPS) is 14.9. The quantitative estimate of drug-likeness (QED) is 0.918. The molecule has 1 saturated carbocycles. The van der Waals surface area contributed by atoms with E-state index in [4.69, 9.17) is 23.2 Å². The second kappa shape index (κ2) is 4.24. The molecule has 17 heavy (non-hydrogen) atoms. The molecule has 5 heteroatoms. The summed E-state index contributed by atoms with van der Waals surface area (Å²) in [4.78, 5) is 4.30. The molecule has 1 aliphatic carbocycles. The zero-order chi connectivity index (χ0) is 11.8. The number of anilines is 1. The molecular formula is C12H11Cl2N3. The van der Waals surface area contributed by atoms with Crippen molar-refractivity contribution in [3.63, 3.8) is 0 Å². The largest absolute Gasteiger partial charge is 0.353 e. The van der Waals surface area contributed by atoms with Crippen molar-refractivity contribution in [2.24, 2.45) is 0 Å². The van der Waals surface area contributed by atoms with Gasteiger partial charge in [-0.25, -0.2) is 4.98 Å². The highest BCUT2D eigenvalue weighted by molar-refractivity contribution is 6.35. The molecule has 0 spiro atoms. The molecule has 0 radical (unpaired) electrons. The lowest BCUT2D eigenvalue weighted by Gasteiger charge is -2.10. The van der Waals surface area contributed by atoms with E-state index in [2.05, 4.69) is 10.3 Å². The third-order valence-electron chi connectivity index (χ3n) is 2.72. The topological polar surface area (TPSA) is 29.9 Å². The monoisotopic (exact) mass is 267 g/mol. The van der Waals surface area contributed by atoms with Crippen LogP contribution in [0.25, 0.3) is 5.69 Å². The van der Waals surface area contributed by atoms with Crippen LogP contribution >= 0.6 is 23.2 Å². The van der Waals surface area contributed by atoms with Gasteiger partial charge in [0.25, 0.3) is 0 Å². The van der Waals surface area contributed by atoms with Crippen molar-refractivity contribution in [2.75, 3.05) is 5.32 Å². The van der Waals surface area contributed by atoms with Crippen LogP contribution in [0.15, 0.2) is 30.6 Å². The zero-order valence-electron chi connectivity index (χ0n) is 9.03. The van der Waals surface area contributed by atoms with Crippen LogP contribution in [0.4, 0.5) is 5.95 Å². The molecule has 1 aromatic heterocycles.